The molecule has 0 aromatic heterocycles. The molecule has 4 rings (SSSR count). The molecule has 4 aromatic rings. The summed E-state index contributed by atoms with van der Waals surface area (Å²) in [6, 6.07) is 17.9. The third-order valence-corrected chi connectivity index (χ3v) is 6.17. The number of benzene rings is 4. The Labute approximate surface area is 253 Å². The van der Waals surface area contributed by atoms with Crippen LogP contribution in [0, 0.1) is 20.2 Å². The van der Waals surface area contributed by atoms with Crippen LogP contribution in [-0.2, 0) is 9.47 Å². The number of non-ortho nitro benzene ring substituents is 2. The number of methoxy groups -OCH3 is 2. The van der Waals surface area contributed by atoms with Crippen molar-refractivity contribution in [2.24, 2.45) is 0 Å². The van der Waals surface area contributed by atoms with Gasteiger partial charge in [-0.3, -0.25) is 29.8 Å². The lowest BCUT2D eigenvalue weighted by molar-refractivity contribution is -0.385. The number of nitro groups is 2. The lowest BCUT2D eigenvalue weighted by atomic mass is 10.1. The zero-order valence-electron chi connectivity index (χ0n) is 23.5. The summed E-state index contributed by atoms with van der Waals surface area (Å²) in [6.07, 6.45) is 0. The lowest BCUT2D eigenvalue weighted by Gasteiger charge is -2.16. The molecule has 0 saturated heterocycles. The maximum atomic E-state index is 13.1. The molecule has 0 atom stereocenters. The van der Waals surface area contributed by atoms with Gasteiger partial charge in [0, 0.05) is 41.1 Å². The average molecular weight is 615 g/mol. The van der Waals surface area contributed by atoms with E-state index in [0.717, 1.165) is 20.3 Å². The molecular formula is C30H22N4O11. The summed E-state index contributed by atoms with van der Waals surface area (Å²) in [6.45, 7) is 0. The van der Waals surface area contributed by atoms with E-state index in [-0.39, 0.29) is 56.5 Å². The Morgan fingerprint density at radius 1 is 0.644 bits per heavy atom. The van der Waals surface area contributed by atoms with Crippen LogP contribution in [0.3, 0.4) is 0 Å². The number of nitrogens with one attached hydrogen (secondary N) is 2. The number of amides is 2. The summed E-state index contributed by atoms with van der Waals surface area (Å²) >= 11 is 0. The zero-order valence-corrected chi connectivity index (χ0v) is 23.5. The van der Waals surface area contributed by atoms with Crippen LogP contribution in [0.25, 0.3) is 0 Å². The molecule has 0 heterocycles. The highest BCUT2D eigenvalue weighted by Gasteiger charge is 2.21. The van der Waals surface area contributed by atoms with Gasteiger partial charge >= 0.3 is 11.9 Å². The SMILES string of the molecule is COC(=O)c1ccc(Oc2ccc(NC(=O)c3ccc([N+](=O)[O-])cc3)cc2NC(=O)c2cccc([N+](=O)[O-])c2)cc1C(=O)OC. The molecule has 0 aliphatic rings. The van der Waals surface area contributed by atoms with E-state index >= 15 is 0 Å². The van der Waals surface area contributed by atoms with Gasteiger partial charge in [0.05, 0.1) is 40.9 Å². The second-order valence-corrected chi connectivity index (χ2v) is 9.02. The summed E-state index contributed by atoms with van der Waals surface area (Å²) in [5, 5.41) is 27.3. The first-order valence-corrected chi connectivity index (χ1v) is 12.7. The molecule has 0 aliphatic heterocycles. The minimum Gasteiger partial charge on any atom is -0.465 e. The molecule has 45 heavy (non-hydrogen) atoms. The van der Waals surface area contributed by atoms with Crippen molar-refractivity contribution in [3.05, 3.63) is 127 Å². The maximum Gasteiger partial charge on any atom is 0.338 e. The fourth-order valence-electron chi connectivity index (χ4n) is 3.97. The van der Waals surface area contributed by atoms with Gasteiger partial charge in [0.1, 0.15) is 5.75 Å². The number of ether oxygens (including phenoxy) is 3. The number of rotatable bonds is 10. The number of carbonyl (C=O) groups excluding carboxylic acids is 4. The largest absolute Gasteiger partial charge is 0.465 e. The third kappa shape index (κ3) is 7.42. The Morgan fingerprint density at radius 2 is 1.29 bits per heavy atom. The molecule has 4 aromatic carbocycles. The Balaban J connectivity index is 1.69. The van der Waals surface area contributed by atoms with E-state index in [2.05, 4.69) is 10.6 Å². The summed E-state index contributed by atoms with van der Waals surface area (Å²) in [5.41, 5.74) is -0.509. The van der Waals surface area contributed by atoms with Crippen LogP contribution in [-0.4, -0.2) is 47.8 Å². The molecule has 2 amide bonds. The minimum atomic E-state index is -0.843. The number of esters is 2. The number of nitro benzene ring substituents is 2. The van der Waals surface area contributed by atoms with Gasteiger partial charge in [-0.05, 0) is 54.6 Å². The Bertz CT molecular complexity index is 1840. The van der Waals surface area contributed by atoms with Crippen LogP contribution < -0.4 is 15.4 Å². The Morgan fingerprint density at radius 3 is 1.93 bits per heavy atom. The van der Waals surface area contributed by atoms with Gasteiger partial charge in [-0.25, -0.2) is 9.59 Å². The van der Waals surface area contributed by atoms with Gasteiger partial charge in [0.15, 0.2) is 5.75 Å². The summed E-state index contributed by atoms with van der Waals surface area (Å²) in [4.78, 5) is 71.3. The molecule has 0 unspecified atom stereocenters. The first-order chi connectivity index (χ1) is 21.5. The van der Waals surface area contributed by atoms with Crippen LogP contribution >= 0.6 is 0 Å². The van der Waals surface area contributed by atoms with Gasteiger partial charge in [0.25, 0.3) is 23.2 Å². The van der Waals surface area contributed by atoms with E-state index in [4.69, 9.17) is 14.2 Å². The number of hydrogen-bond donors (Lipinski definition) is 2. The predicted octanol–water partition coefficient (Wildman–Crippen LogP) is 5.37. The summed E-state index contributed by atoms with van der Waals surface area (Å²) in [5.74, 6) is -2.93. The lowest BCUT2D eigenvalue weighted by Crippen LogP contribution is -2.15. The molecular weight excluding hydrogens is 592 g/mol. The van der Waals surface area contributed by atoms with Gasteiger partial charge in [0.2, 0.25) is 0 Å². The fourth-order valence-corrected chi connectivity index (χ4v) is 3.97. The normalized spacial score (nSPS) is 10.3. The standard InChI is InChI=1S/C30H22N4O11/c1-43-29(37)23-12-11-22(16-24(23)30(38)44-2)45-26-13-8-19(31-27(35)17-6-9-20(10-7-17)33(39)40)15-25(26)32-28(36)18-4-3-5-21(14-18)34(41)42/h3-16H,1-2H3,(H,31,35)(H,32,36). The van der Waals surface area contributed by atoms with Crippen molar-refractivity contribution in [2.75, 3.05) is 24.9 Å². The smallest absolute Gasteiger partial charge is 0.338 e. The van der Waals surface area contributed by atoms with E-state index in [1.54, 1.807) is 0 Å². The molecule has 0 aliphatic carbocycles. The first-order valence-electron chi connectivity index (χ1n) is 12.7. The van der Waals surface area contributed by atoms with Crippen molar-refractivity contribution >= 4 is 46.5 Å². The Hall–Kier alpha value is -6.64. The van der Waals surface area contributed by atoms with Crippen molar-refractivity contribution in [1.29, 1.82) is 0 Å². The summed E-state index contributed by atoms with van der Waals surface area (Å²) < 4.78 is 15.4. The number of nitrogens with zero attached hydrogens (tertiary/aromatic N) is 2. The van der Waals surface area contributed by atoms with Crippen LogP contribution in [0.4, 0.5) is 22.7 Å². The van der Waals surface area contributed by atoms with Crippen molar-refractivity contribution in [3.63, 3.8) is 0 Å². The van der Waals surface area contributed by atoms with E-state index in [0.29, 0.717) is 0 Å². The Kier molecular flexibility index (Phi) is 9.43. The number of carbonyl (C=O) groups is 4. The van der Waals surface area contributed by atoms with Gasteiger partial charge < -0.3 is 24.8 Å². The highest BCUT2D eigenvalue weighted by molar-refractivity contribution is 6.07. The summed E-state index contributed by atoms with van der Waals surface area (Å²) in [7, 11) is 2.27. The topological polar surface area (TPSA) is 206 Å². The molecule has 0 saturated carbocycles. The van der Waals surface area contributed by atoms with Crippen molar-refractivity contribution < 1.29 is 43.2 Å². The fraction of sp³-hybridized carbons (Fsp3) is 0.0667. The predicted molar refractivity (Wildman–Crippen MR) is 158 cm³/mol. The van der Waals surface area contributed by atoms with Crippen LogP contribution in [0.1, 0.15) is 41.4 Å². The van der Waals surface area contributed by atoms with E-state index < -0.39 is 33.6 Å². The zero-order chi connectivity index (χ0) is 32.7. The van der Waals surface area contributed by atoms with Crippen molar-refractivity contribution in [1.82, 2.24) is 0 Å². The van der Waals surface area contributed by atoms with Gasteiger partial charge in [-0.2, -0.15) is 0 Å². The molecule has 0 spiro atoms. The first kappa shape index (κ1) is 31.3. The average Bonchev–Trinajstić information content (AvgIpc) is 3.05. The van der Waals surface area contributed by atoms with E-state index in [1.165, 1.54) is 78.9 Å². The molecule has 15 nitrogen and oxygen atoms in total. The van der Waals surface area contributed by atoms with Gasteiger partial charge in [-0.1, -0.05) is 6.07 Å². The highest BCUT2D eigenvalue weighted by atomic mass is 16.6. The van der Waals surface area contributed by atoms with Gasteiger partial charge in [-0.15, -0.1) is 0 Å². The highest BCUT2D eigenvalue weighted by Crippen LogP contribution is 2.34. The second kappa shape index (κ2) is 13.6. The van der Waals surface area contributed by atoms with E-state index in [1.807, 2.05) is 0 Å². The molecule has 2 N–H and O–H groups in total. The molecule has 15 heteroatoms. The number of anilines is 2. The minimum absolute atomic E-state index is 0.00432. The van der Waals surface area contributed by atoms with Crippen molar-refractivity contribution in [3.8, 4) is 11.5 Å². The van der Waals surface area contributed by atoms with Crippen molar-refractivity contribution in [2.45, 2.75) is 0 Å². The molecule has 228 valence electrons. The number of hydrogen-bond acceptors (Lipinski definition) is 11. The van der Waals surface area contributed by atoms with Crippen LogP contribution in [0.5, 0.6) is 11.5 Å². The van der Waals surface area contributed by atoms with Crippen LogP contribution in [0.2, 0.25) is 0 Å². The third-order valence-electron chi connectivity index (χ3n) is 6.17. The van der Waals surface area contributed by atoms with Crippen LogP contribution in [0.15, 0.2) is 84.9 Å². The molecule has 0 radical (unpaired) electrons. The van der Waals surface area contributed by atoms with E-state index in [9.17, 15) is 39.4 Å². The molecule has 0 fully saturated rings. The monoisotopic (exact) mass is 614 g/mol. The molecule has 0 bridgehead atoms. The maximum absolute atomic E-state index is 13.1. The quantitative estimate of drug-likeness (QED) is 0.132. The second-order valence-electron chi connectivity index (χ2n) is 9.02.